The first kappa shape index (κ1) is 13.4. The molecule has 0 aliphatic carbocycles. The molecule has 0 aromatic carbocycles. The third-order valence-electron chi connectivity index (χ3n) is 2.66. The molecule has 1 aliphatic heterocycles. The average molecular weight is 271 g/mol. The second-order valence-electron chi connectivity index (χ2n) is 4.25. The van der Waals surface area contributed by atoms with Crippen molar-refractivity contribution in [3.63, 3.8) is 0 Å². The molecule has 1 aromatic rings. The summed E-state index contributed by atoms with van der Waals surface area (Å²) >= 11 is 1.42. The van der Waals surface area contributed by atoms with Crippen LogP contribution >= 0.6 is 11.3 Å². The molecule has 0 spiro atoms. The zero-order valence-corrected chi connectivity index (χ0v) is 11.1. The SMILES string of the molecule is Cc1csc(NC(=O)CN2CCOC(CO)C2)n1. The topological polar surface area (TPSA) is 74.7 Å². The second-order valence-corrected chi connectivity index (χ2v) is 5.11. The summed E-state index contributed by atoms with van der Waals surface area (Å²) in [6.07, 6.45) is -0.186. The van der Waals surface area contributed by atoms with E-state index in [0.29, 0.717) is 31.4 Å². The molecule has 6 nitrogen and oxygen atoms in total. The lowest BCUT2D eigenvalue weighted by Gasteiger charge is -2.31. The van der Waals surface area contributed by atoms with Crippen molar-refractivity contribution in [3.8, 4) is 0 Å². The number of hydrogen-bond donors (Lipinski definition) is 2. The van der Waals surface area contributed by atoms with Crippen LogP contribution in [0.25, 0.3) is 0 Å². The molecule has 0 radical (unpaired) electrons. The van der Waals surface area contributed by atoms with Gasteiger partial charge in [0, 0.05) is 18.5 Å². The lowest BCUT2D eigenvalue weighted by atomic mass is 10.3. The second kappa shape index (κ2) is 6.24. The van der Waals surface area contributed by atoms with Crippen molar-refractivity contribution in [1.82, 2.24) is 9.88 Å². The number of anilines is 1. The van der Waals surface area contributed by atoms with Crippen molar-refractivity contribution in [2.45, 2.75) is 13.0 Å². The highest BCUT2D eigenvalue weighted by Gasteiger charge is 2.21. The highest BCUT2D eigenvalue weighted by Crippen LogP contribution is 2.14. The number of nitrogens with zero attached hydrogens (tertiary/aromatic N) is 2. The zero-order valence-electron chi connectivity index (χ0n) is 10.3. The van der Waals surface area contributed by atoms with Gasteiger partial charge in [0.25, 0.3) is 0 Å². The van der Waals surface area contributed by atoms with Crippen LogP contribution in [0, 0.1) is 6.92 Å². The molecular formula is C11H17N3O3S. The Kier molecular flexibility index (Phi) is 4.65. The Balaban J connectivity index is 1.80. The summed E-state index contributed by atoms with van der Waals surface area (Å²) in [5, 5.41) is 14.3. The molecule has 2 N–H and O–H groups in total. The number of ether oxygens (including phenoxy) is 1. The monoisotopic (exact) mass is 271 g/mol. The maximum absolute atomic E-state index is 11.8. The number of carbonyl (C=O) groups is 1. The van der Waals surface area contributed by atoms with Crippen LogP contribution in [0.15, 0.2) is 5.38 Å². The van der Waals surface area contributed by atoms with Crippen LogP contribution in [0.5, 0.6) is 0 Å². The minimum absolute atomic E-state index is 0.0101. The van der Waals surface area contributed by atoms with Crippen LogP contribution in [-0.2, 0) is 9.53 Å². The molecule has 18 heavy (non-hydrogen) atoms. The molecule has 2 rings (SSSR count). The van der Waals surface area contributed by atoms with Crippen LogP contribution in [0.4, 0.5) is 5.13 Å². The van der Waals surface area contributed by atoms with E-state index in [4.69, 9.17) is 9.84 Å². The Morgan fingerprint density at radius 3 is 3.28 bits per heavy atom. The van der Waals surface area contributed by atoms with E-state index in [9.17, 15) is 4.79 Å². The molecule has 2 heterocycles. The number of hydrogen-bond acceptors (Lipinski definition) is 6. The van der Waals surface area contributed by atoms with Crippen molar-refractivity contribution in [2.75, 3.05) is 38.2 Å². The van der Waals surface area contributed by atoms with Crippen LogP contribution < -0.4 is 5.32 Å². The van der Waals surface area contributed by atoms with Crippen LogP contribution in [0.1, 0.15) is 5.69 Å². The first-order chi connectivity index (χ1) is 8.67. The summed E-state index contributed by atoms with van der Waals surface area (Å²) < 4.78 is 5.33. The van der Waals surface area contributed by atoms with Crippen molar-refractivity contribution >= 4 is 22.4 Å². The fourth-order valence-corrected chi connectivity index (χ4v) is 2.51. The third kappa shape index (κ3) is 3.74. The number of aliphatic hydroxyl groups is 1. The van der Waals surface area contributed by atoms with E-state index < -0.39 is 0 Å². The van der Waals surface area contributed by atoms with Gasteiger partial charge in [-0.3, -0.25) is 9.69 Å². The maximum Gasteiger partial charge on any atom is 0.240 e. The van der Waals surface area contributed by atoms with Gasteiger partial charge in [-0.25, -0.2) is 4.98 Å². The van der Waals surface area contributed by atoms with Gasteiger partial charge >= 0.3 is 0 Å². The van der Waals surface area contributed by atoms with E-state index in [0.717, 1.165) is 5.69 Å². The number of thiazole rings is 1. The number of carbonyl (C=O) groups excluding carboxylic acids is 1. The molecule has 1 aliphatic rings. The molecule has 1 fully saturated rings. The van der Waals surface area contributed by atoms with Gasteiger partial charge in [0.1, 0.15) is 0 Å². The highest BCUT2D eigenvalue weighted by molar-refractivity contribution is 7.13. The lowest BCUT2D eigenvalue weighted by molar-refractivity contribution is -0.120. The number of rotatable bonds is 4. The lowest BCUT2D eigenvalue weighted by Crippen LogP contribution is -2.46. The standard InChI is InChI=1S/C11H17N3O3S/c1-8-7-18-11(12-8)13-10(16)5-14-2-3-17-9(4-14)6-15/h7,9,15H,2-6H2,1H3,(H,12,13,16). The van der Waals surface area contributed by atoms with Gasteiger partial charge in [0.05, 0.1) is 31.6 Å². The van der Waals surface area contributed by atoms with E-state index >= 15 is 0 Å². The van der Waals surface area contributed by atoms with Crippen LogP contribution in [0.3, 0.4) is 0 Å². The van der Waals surface area contributed by atoms with E-state index in [1.54, 1.807) is 0 Å². The molecular weight excluding hydrogens is 254 g/mol. The Morgan fingerprint density at radius 1 is 1.78 bits per heavy atom. The molecule has 1 unspecified atom stereocenters. The molecule has 7 heteroatoms. The molecule has 1 saturated heterocycles. The minimum Gasteiger partial charge on any atom is -0.394 e. The summed E-state index contributed by atoms with van der Waals surface area (Å²) in [6.45, 7) is 4.03. The molecule has 0 bridgehead atoms. The summed E-state index contributed by atoms with van der Waals surface area (Å²) in [7, 11) is 0. The predicted molar refractivity (Wildman–Crippen MR) is 68.7 cm³/mol. The summed E-state index contributed by atoms with van der Waals surface area (Å²) in [6, 6.07) is 0. The van der Waals surface area contributed by atoms with Gasteiger partial charge in [-0.05, 0) is 6.92 Å². The molecule has 100 valence electrons. The van der Waals surface area contributed by atoms with Gasteiger partial charge in [-0.2, -0.15) is 0 Å². The van der Waals surface area contributed by atoms with Crippen molar-refractivity contribution in [2.24, 2.45) is 0 Å². The van der Waals surface area contributed by atoms with Gasteiger partial charge < -0.3 is 15.2 Å². The van der Waals surface area contributed by atoms with E-state index in [2.05, 4.69) is 10.3 Å². The molecule has 0 saturated carbocycles. The first-order valence-electron chi connectivity index (χ1n) is 5.84. The Hall–Kier alpha value is -1.02. The summed E-state index contributed by atoms with van der Waals surface area (Å²) in [4.78, 5) is 17.9. The molecule has 1 amide bonds. The van der Waals surface area contributed by atoms with Gasteiger partial charge in [0.2, 0.25) is 5.91 Å². The smallest absolute Gasteiger partial charge is 0.240 e. The average Bonchev–Trinajstić information content (AvgIpc) is 2.74. The quantitative estimate of drug-likeness (QED) is 0.811. The first-order valence-corrected chi connectivity index (χ1v) is 6.72. The number of morpholine rings is 1. The number of amides is 1. The van der Waals surface area contributed by atoms with Crippen molar-refractivity contribution in [3.05, 3.63) is 11.1 Å². The summed E-state index contributed by atoms with van der Waals surface area (Å²) in [5.74, 6) is -0.0806. The maximum atomic E-state index is 11.8. The number of nitrogens with one attached hydrogen (secondary N) is 1. The predicted octanol–water partition coefficient (Wildman–Crippen LogP) is 0.0831. The normalized spacial score (nSPS) is 20.9. The number of aliphatic hydroxyl groups excluding tert-OH is 1. The fraction of sp³-hybridized carbons (Fsp3) is 0.636. The minimum atomic E-state index is -0.186. The molecule has 1 aromatic heterocycles. The Morgan fingerprint density at radius 2 is 2.61 bits per heavy atom. The fourth-order valence-electron chi connectivity index (χ4n) is 1.81. The van der Waals surface area contributed by atoms with E-state index in [1.165, 1.54) is 11.3 Å². The van der Waals surface area contributed by atoms with Crippen molar-refractivity contribution < 1.29 is 14.6 Å². The molecule has 1 atom stereocenters. The largest absolute Gasteiger partial charge is 0.394 e. The van der Waals surface area contributed by atoms with Crippen LogP contribution in [0.2, 0.25) is 0 Å². The zero-order chi connectivity index (χ0) is 13.0. The van der Waals surface area contributed by atoms with Gasteiger partial charge in [-0.1, -0.05) is 0 Å². The van der Waals surface area contributed by atoms with Crippen LogP contribution in [-0.4, -0.2) is 59.8 Å². The summed E-state index contributed by atoms with van der Waals surface area (Å²) in [5.41, 5.74) is 0.905. The van der Waals surface area contributed by atoms with Crippen molar-refractivity contribution in [1.29, 1.82) is 0 Å². The van der Waals surface area contributed by atoms with Gasteiger partial charge in [-0.15, -0.1) is 11.3 Å². The Bertz CT molecular complexity index is 410. The Labute approximate surface area is 110 Å². The number of aromatic nitrogens is 1. The number of aryl methyl sites for hydroxylation is 1. The van der Waals surface area contributed by atoms with Gasteiger partial charge in [0.15, 0.2) is 5.13 Å². The van der Waals surface area contributed by atoms with E-state index in [-0.39, 0.29) is 18.6 Å². The van der Waals surface area contributed by atoms with E-state index in [1.807, 2.05) is 17.2 Å². The third-order valence-corrected chi connectivity index (χ3v) is 3.53. The highest BCUT2D eigenvalue weighted by atomic mass is 32.1.